The predicted molar refractivity (Wildman–Crippen MR) is 265 cm³/mol. The summed E-state index contributed by atoms with van der Waals surface area (Å²) in [4.78, 5) is 0. The normalized spacial score (nSPS) is 15.7. The number of alkyl halides is 2. The first-order valence-corrected chi connectivity index (χ1v) is 23.7. The molecule has 0 bridgehead atoms. The number of nitrogens with zero attached hydrogens (tertiary/aromatic N) is 3. The van der Waals surface area contributed by atoms with Crippen LogP contribution < -0.4 is 9.47 Å². The van der Waals surface area contributed by atoms with Crippen LogP contribution in [0, 0.1) is 0 Å². The molecule has 10 heteroatoms. The molecule has 0 radical (unpaired) electrons. The quantitative estimate of drug-likeness (QED) is 0.0741. The lowest BCUT2D eigenvalue weighted by atomic mass is 9.71. The molecular formula is C55H56Cl2N4O4. The second kappa shape index (κ2) is 21.9. The van der Waals surface area contributed by atoms with Gasteiger partial charge in [0.05, 0.1) is 35.2 Å². The van der Waals surface area contributed by atoms with E-state index < -0.39 is 5.60 Å². The van der Waals surface area contributed by atoms with Crippen LogP contribution in [0.3, 0.4) is 0 Å². The van der Waals surface area contributed by atoms with E-state index in [0.29, 0.717) is 25.0 Å². The Kier molecular flexibility index (Phi) is 15.4. The van der Waals surface area contributed by atoms with Crippen molar-refractivity contribution in [2.75, 3.05) is 31.6 Å². The Morgan fingerprint density at radius 2 is 1.40 bits per heavy atom. The maximum absolute atomic E-state index is 12.6. The Labute approximate surface area is 391 Å². The lowest BCUT2D eigenvalue weighted by Gasteiger charge is -2.37. The highest BCUT2D eigenvalue weighted by Crippen LogP contribution is 2.46. The van der Waals surface area contributed by atoms with Crippen LogP contribution in [-0.4, -0.2) is 56.7 Å². The topological polar surface area (TPSA) is 94.4 Å². The summed E-state index contributed by atoms with van der Waals surface area (Å²) in [6.45, 7) is 6.04. The number of fused-ring (bicyclic) bond motifs is 2. The number of H-pyrrole nitrogens is 1. The molecule has 334 valence electrons. The van der Waals surface area contributed by atoms with Gasteiger partial charge in [0, 0.05) is 23.3 Å². The van der Waals surface area contributed by atoms with E-state index in [1.807, 2.05) is 77.7 Å². The molecule has 1 saturated heterocycles. The fraction of sp³-hybridized carbons (Fsp3) is 0.273. The van der Waals surface area contributed by atoms with Gasteiger partial charge in [0.25, 0.3) is 0 Å². The SMILES string of the molecule is CC/C(=C(/c1ccc(OCCCl)cc1)c1ccc2[nH]ncc2c1)c1ccccc1.CCC(c1ccccc1)C(O)(c1ccc(OCCCl)cc1)c1ccc2c(cnn2C2CCCCO2)c1. The predicted octanol–water partition coefficient (Wildman–Crippen LogP) is 13.3. The fourth-order valence-electron chi connectivity index (χ4n) is 9.08. The van der Waals surface area contributed by atoms with Crippen LogP contribution in [0.2, 0.25) is 0 Å². The number of benzene rings is 6. The van der Waals surface area contributed by atoms with Gasteiger partial charge in [-0.2, -0.15) is 10.2 Å². The van der Waals surface area contributed by atoms with Crippen molar-refractivity contribution in [1.82, 2.24) is 20.0 Å². The Bertz CT molecular complexity index is 2770. The smallest absolute Gasteiger partial charge is 0.150 e. The number of hydrogen-bond acceptors (Lipinski definition) is 6. The van der Waals surface area contributed by atoms with Crippen molar-refractivity contribution in [3.8, 4) is 11.5 Å². The Morgan fingerprint density at radius 1 is 0.738 bits per heavy atom. The summed E-state index contributed by atoms with van der Waals surface area (Å²) in [5.74, 6) is 2.32. The number of hydrogen-bond donors (Lipinski definition) is 2. The number of aromatic amines is 1. The summed E-state index contributed by atoms with van der Waals surface area (Å²) in [6.07, 6.45) is 8.61. The van der Waals surface area contributed by atoms with Gasteiger partial charge in [-0.1, -0.05) is 111 Å². The number of halogens is 2. The molecule has 0 spiro atoms. The lowest BCUT2D eigenvalue weighted by molar-refractivity contribution is -0.0366. The minimum Gasteiger partial charge on any atom is -0.492 e. The average molecular weight is 908 g/mol. The van der Waals surface area contributed by atoms with Crippen LogP contribution in [0.15, 0.2) is 158 Å². The van der Waals surface area contributed by atoms with Crippen molar-refractivity contribution in [1.29, 1.82) is 0 Å². The van der Waals surface area contributed by atoms with E-state index >= 15 is 0 Å². The second-order valence-corrected chi connectivity index (χ2v) is 16.9. The third-order valence-electron chi connectivity index (χ3n) is 12.2. The zero-order valence-electron chi connectivity index (χ0n) is 37.0. The summed E-state index contributed by atoms with van der Waals surface area (Å²) in [5, 5.41) is 26.6. The molecule has 0 amide bonds. The third-order valence-corrected chi connectivity index (χ3v) is 12.5. The van der Waals surface area contributed by atoms with Crippen molar-refractivity contribution in [3.63, 3.8) is 0 Å². The molecule has 6 aromatic carbocycles. The van der Waals surface area contributed by atoms with Gasteiger partial charge in [-0.25, -0.2) is 4.68 Å². The third kappa shape index (κ3) is 10.3. The van der Waals surface area contributed by atoms with Crippen LogP contribution in [0.4, 0.5) is 0 Å². The van der Waals surface area contributed by atoms with Gasteiger partial charge in [-0.3, -0.25) is 5.10 Å². The molecule has 0 saturated carbocycles. The number of allylic oxidation sites excluding steroid dienone is 1. The minimum atomic E-state index is -1.25. The van der Waals surface area contributed by atoms with Crippen LogP contribution >= 0.6 is 23.2 Å². The molecule has 2 N–H and O–H groups in total. The van der Waals surface area contributed by atoms with E-state index in [1.54, 1.807) is 0 Å². The maximum atomic E-state index is 12.6. The second-order valence-electron chi connectivity index (χ2n) is 16.2. The fourth-order valence-corrected chi connectivity index (χ4v) is 9.23. The summed E-state index contributed by atoms with van der Waals surface area (Å²) >= 11 is 11.5. The molecule has 9 rings (SSSR count). The molecule has 3 unspecified atom stereocenters. The highest BCUT2D eigenvalue weighted by atomic mass is 35.5. The van der Waals surface area contributed by atoms with Gasteiger partial charge in [0.15, 0.2) is 6.23 Å². The molecule has 65 heavy (non-hydrogen) atoms. The molecule has 8 nitrogen and oxygen atoms in total. The minimum absolute atomic E-state index is 0.0331. The van der Waals surface area contributed by atoms with Gasteiger partial charge < -0.3 is 19.3 Å². The molecule has 8 aromatic rings. The van der Waals surface area contributed by atoms with E-state index in [1.165, 1.54) is 22.3 Å². The summed E-state index contributed by atoms with van der Waals surface area (Å²) in [5.41, 5.74) is 9.66. The molecule has 1 aliphatic rings. The number of ether oxygens (including phenoxy) is 3. The molecule has 0 aliphatic carbocycles. The maximum Gasteiger partial charge on any atom is 0.150 e. The van der Waals surface area contributed by atoms with Crippen molar-refractivity contribution in [2.45, 2.75) is 63.7 Å². The van der Waals surface area contributed by atoms with E-state index in [2.05, 4.69) is 114 Å². The zero-order chi connectivity index (χ0) is 45.0. The molecule has 1 fully saturated rings. The first-order valence-electron chi connectivity index (χ1n) is 22.6. The summed E-state index contributed by atoms with van der Waals surface area (Å²) < 4.78 is 19.3. The highest BCUT2D eigenvalue weighted by Gasteiger charge is 2.40. The van der Waals surface area contributed by atoms with E-state index in [-0.39, 0.29) is 12.1 Å². The summed E-state index contributed by atoms with van der Waals surface area (Å²) in [6, 6.07) is 49.4. The van der Waals surface area contributed by atoms with Crippen molar-refractivity contribution < 1.29 is 19.3 Å². The standard InChI is InChI=1S/C30H33ClN2O3.C25H23ClN2O/c1-2-27(22-8-4-3-5-9-22)30(34,24-11-14-26(15-12-24)35-19-17-31)25-13-16-28-23(20-25)21-32-33(28)29-10-6-7-18-36-29;1-2-23(18-6-4-3-5-7-18)25(19-8-11-22(12-9-19)29-15-14-26)20-10-13-24-21(16-20)17-27-28-24/h3-5,8-9,11-16,20-21,27,29,34H,2,6-7,10,17-19H2,1H3;3-13,16-17H,2,14-15H2,1H3,(H,27,28)/b;25-23+. The van der Waals surface area contributed by atoms with Crippen LogP contribution in [0.25, 0.3) is 33.0 Å². The van der Waals surface area contributed by atoms with E-state index in [4.69, 9.17) is 37.4 Å². The average Bonchev–Trinajstić information content (AvgIpc) is 4.03. The van der Waals surface area contributed by atoms with E-state index in [9.17, 15) is 5.11 Å². The lowest BCUT2D eigenvalue weighted by Crippen LogP contribution is -2.35. The monoisotopic (exact) mass is 906 g/mol. The highest BCUT2D eigenvalue weighted by molar-refractivity contribution is 6.18. The molecular weight excluding hydrogens is 852 g/mol. The van der Waals surface area contributed by atoms with Crippen LogP contribution in [-0.2, 0) is 10.3 Å². The zero-order valence-corrected chi connectivity index (χ0v) is 38.5. The first kappa shape index (κ1) is 45.7. The first-order chi connectivity index (χ1) is 31.9. The molecule has 3 atom stereocenters. The molecule has 3 heterocycles. The molecule has 2 aromatic heterocycles. The number of nitrogens with one attached hydrogen (secondary N) is 1. The van der Waals surface area contributed by atoms with Crippen molar-refractivity contribution >= 4 is 56.2 Å². The number of aromatic nitrogens is 4. The number of aliphatic hydroxyl groups is 1. The van der Waals surface area contributed by atoms with Crippen molar-refractivity contribution in [2.24, 2.45) is 0 Å². The van der Waals surface area contributed by atoms with Gasteiger partial charge in [-0.05, 0) is 125 Å². The largest absolute Gasteiger partial charge is 0.492 e. The van der Waals surface area contributed by atoms with Crippen LogP contribution in [0.1, 0.15) is 91.5 Å². The van der Waals surface area contributed by atoms with E-state index in [0.717, 1.165) is 94.3 Å². The molecule has 1 aliphatic heterocycles. The van der Waals surface area contributed by atoms with Gasteiger partial charge in [0.1, 0.15) is 30.3 Å². The van der Waals surface area contributed by atoms with Gasteiger partial charge >= 0.3 is 0 Å². The summed E-state index contributed by atoms with van der Waals surface area (Å²) in [7, 11) is 0. The van der Waals surface area contributed by atoms with Crippen molar-refractivity contribution in [3.05, 3.63) is 191 Å². The van der Waals surface area contributed by atoms with Gasteiger partial charge in [0.2, 0.25) is 0 Å². The Balaban J connectivity index is 0.000000181. The van der Waals surface area contributed by atoms with Crippen LogP contribution in [0.5, 0.6) is 11.5 Å². The number of rotatable bonds is 16. The Hall–Kier alpha value is -5.90. The van der Waals surface area contributed by atoms with Gasteiger partial charge in [-0.15, -0.1) is 23.2 Å². The Morgan fingerprint density at radius 3 is 2.05 bits per heavy atom.